The van der Waals surface area contributed by atoms with Gasteiger partial charge in [-0.05, 0) is 44.0 Å². The van der Waals surface area contributed by atoms with Crippen molar-refractivity contribution in [2.24, 2.45) is 0 Å². The van der Waals surface area contributed by atoms with E-state index in [1.807, 2.05) is 31.2 Å². The van der Waals surface area contributed by atoms with E-state index in [4.69, 9.17) is 4.74 Å². The number of hydrogen-bond donors (Lipinski definition) is 2. The molecule has 0 unspecified atom stereocenters. The number of rotatable bonds is 4. The van der Waals surface area contributed by atoms with Crippen molar-refractivity contribution in [3.8, 4) is 5.75 Å². The molecule has 0 saturated carbocycles. The summed E-state index contributed by atoms with van der Waals surface area (Å²) in [4.78, 5) is 17.4. The number of aromatic amines is 1. The minimum atomic E-state index is -0.195. The van der Waals surface area contributed by atoms with Crippen molar-refractivity contribution in [3.05, 3.63) is 40.2 Å². The van der Waals surface area contributed by atoms with Gasteiger partial charge < -0.3 is 14.8 Å². The molecule has 1 aliphatic heterocycles. The number of aliphatic hydroxyl groups is 1. The smallest absolute Gasteiger partial charge is 0.252 e. The van der Waals surface area contributed by atoms with Crippen LogP contribution >= 0.6 is 0 Å². The summed E-state index contributed by atoms with van der Waals surface area (Å²) in [6.07, 6.45) is 1.36. The topological polar surface area (TPSA) is 65.6 Å². The van der Waals surface area contributed by atoms with E-state index in [1.54, 1.807) is 0 Å². The van der Waals surface area contributed by atoms with Gasteiger partial charge in [0.1, 0.15) is 5.75 Å². The van der Waals surface area contributed by atoms with Crippen LogP contribution in [0.3, 0.4) is 0 Å². The van der Waals surface area contributed by atoms with Gasteiger partial charge in [0.05, 0.1) is 12.7 Å². The van der Waals surface area contributed by atoms with E-state index in [1.165, 1.54) is 0 Å². The predicted molar refractivity (Wildman–Crippen MR) is 86.3 cm³/mol. The molecule has 0 radical (unpaired) electrons. The Morgan fingerprint density at radius 1 is 1.32 bits per heavy atom. The fourth-order valence-electron chi connectivity index (χ4n) is 2.92. The molecule has 1 aliphatic rings. The van der Waals surface area contributed by atoms with Gasteiger partial charge >= 0.3 is 0 Å². The summed E-state index contributed by atoms with van der Waals surface area (Å²) in [5, 5.41) is 10.5. The Kier molecular flexibility index (Phi) is 4.45. The lowest BCUT2D eigenvalue weighted by Gasteiger charge is -2.29. The van der Waals surface area contributed by atoms with Crippen LogP contribution in [0.5, 0.6) is 5.75 Å². The van der Waals surface area contributed by atoms with Crippen LogP contribution in [0.25, 0.3) is 10.9 Å². The van der Waals surface area contributed by atoms with Gasteiger partial charge in [0.25, 0.3) is 5.56 Å². The summed E-state index contributed by atoms with van der Waals surface area (Å²) < 4.78 is 5.52. The van der Waals surface area contributed by atoms with Gasteiger partial charge in [-0.15, -0.1) is 0 Å². The second-order valence-electron chi connectivity index (χ2n) is 5.81. The minimum absolute atomic E-state index is 0.0391. The maximum atomic E-state index is 12.2. The molecule has 0 atom stereocenters. The third-order valence-corrected chi connectivity index (χ3v) is 4.15. The van der Waals surface area contributed by atoms with E-state index in [9.17, 15) is 9.90 Å². The zero-order valence-corrected chi connectivity index (χ0v) is 12.8. The van der Waals surface area contributed by atoms with Crippen LogP contribution in [-0.4, -0.2) is 40.8 Å². The molecule has 0 aliphatic carbocycles. The zero-order valence-electron chi connectivity index (χ0n) is 12.8. The number of fused-ring (bicyclic) bond motifs is 1. The molecule has 0 amide bonds. The van der Waals surface area contributed by atoms with E-state index >= 15 is 0 Å². The number of aromatic nitrogens is 1. The Labute approximate surface area is 129 Å². The van der Waals surface area contributed by atoms with Gasteiger partial charge in [0.2, 0.25) is 0 Å². The number of nitrogens with zero attached hydrogens (tertiary/aromatic N) is 1. The Bertz CT molecular complexity index is 703. The average Bonchev–Trinajstić information content (AvgIpc) is 2.51. The number of hydrogen-bond acceptors (Lipinski definition) is 4. The molecule has 1 aromatic carbocycles. The van der Waals surface area contributed by atoms with Crippen molar-refractivity contribution in [1.82, 2.24) is 9.88 Å². The Hall–Kier alpha value is -1.85. The summed E-state index contributed by atoms with van der Waals surface area (Å²) in [7, 11) is 0. The van der Waals surface area contributed by atoms with Crippen LogP contribution in [0.2, 0.25) is 0 Å². The van der Waals surface area contributed by atoms with Crippen LogP contribution < -0.4 is 10.3 Å². The van der Waals surface area contributed by atoms with Gasteiger partial charge in [0, 0.05) is 36.1 Å². The first-order valence-corrected chi connectivity index (χ1v) is 7.85. The standard InChI is InChI=1S/C17H22N2O3/c1-2-22-15-3-4-16-12(10-15)9-13(17(21)18-16)11-19-7-5-14(20)6-8-19/h3-4,9-10,14,20H,2,5-8,11H2,1H3,(H,18,21). The number of pyridine rings is 1. The van der Waals surface area contributed by atoms with Crippen LogP contribution in [-0.2, 0) is 6.54 Å². The first-order valence-electron chi connectivity index (χ1n) is 7.85. The summed E-state index contributed by atoms with van der Waals surface area (Å²) >= 11 is 0. The highest BCUT2D eigenvalue weighted by Gasteiger charge is 2.18. The fourth-order valence-corrected chi connectivity index (χ4v) is 2.92. The van der Waals surface area contributed by atoms with Crippen molar-refractivity contribution in [2.75, 3.05) is 19.7 Å². The fraction of sp³-hybridized carbons (Fsp3) is 0.471. The summed E-state index contributed by atoms with van der Waals surface area (Å²) in [6.45, 7) is 4.86. The number of likely N-dealkylation sites (tertiary alicyclic amines) is 1. The van der Waals surface area contributed by atoms with Crippen LogP contribution in [0.15, 0.2) is 29.1 Å². The monoisotopic (exact) mass is 302 g/mol. The van der Waals surface area contributed by atoms with E-state index < -0.39 is 0 Å². The van der Waals surface area contributed by atoms with Crippen molar-refractivity contribution < 1.29 is 9.84 Å². The number of H-pyrrole nitrogens is 1. The number of piperidine rings is 1. The van der Waals surface area contributed by atoms with Crippen molar-refractivity contribution in [1.29, 1.82) is 0 Å². The molecular formula is C17H22N2O3. The van der Waals surface area contributed by atoms with Crippen molar-refractivity contribution in [3.63, 3.8) is 0 Å². The van der Waals surface area contributed by atoms with Gasteiger partial charge in [-0.2, -0.15) is 0 Å². The average molecular weight is 302 g/mol. The van der Waals surface area contributed by atoms with Crippen LogP contribution in [0.1, 0.15) is 25.3 Å². The van der Waals surface area contributed by atoms with E-state index in [-0.39, 0.29) is 11.7 Å². The molecule has 2 heterocycles. The number of nitrogens with one attached hydrogen (secondary N) is 1. The van der Waals surface area contributed by atoms with Crippen molar-refractivity contribution >= 4 is 10.9 Å². The molecule has 5 nitrogen and oxygen atoms in total. The van der Waals surface area contributed by atoms with Crippen LogP contribution in [0, 0.1) is 0 Å². The lowest BCUT2D eigenvalue weighted by Crippen LogP contribution is -2.36. The lowest BCUT2D eigenvalue weighted by molar-refractivity contribution is 0.0791. The minimum Gasteiger partial charge on any atom is -0.494 e. The normalized spacial score (nSPS) is 17.0. The molecule has 3 rings (SSSR count). The first-order chi connectivity index (χ1) is 10.7. The van der Waals surface area contributed by atoms with Gasteiger partial charge in [0.15, 0.2) is 0 Å². The maximum Gasteiger partial charge on any atom is 0.252 e. The molecule has 0 bridgehead atoms. The Morgan fingerprint density at radius 2 is 2.09 bits per heavy atom. The largest absolute Gasteiger partial charge is 0.494 e. The van der Waals surface area contributed by atoms with Gasteiger partial charge in [-0.3, -0.25) is 9.69 Å². The zero-order chi connectivity index (χ0) is 15.5. The predicted octanol–water partition coefficient (Wildman–Crippen LogP) is 1.88. The Balaban J connectivity index is 1.85. The number of benzene rings is 1. The van der Waals surface area contributed by atoms with Gasteiger partial charge in [-0.1, -0.05) is 0 Å². The van der Waals surface area contributed by atoms with Gasteiger partial charge in [-0.25, -0.2) is 0 Å². The molecule has 118 valence electrons. The Morgan fingerprint density at radius 3 is 2.82 bits per heavy atom. The maximum absolute atomic E-state index is 12.2. The molecule has 2 aromatic rings. The lowest BCUT2D eigenvalue weighted by atomic mass is 10.1. The van der Waals surface area contributed by atoms with E-state index in [0.717, 1.165) is 48.1 Å². The third kappa shape index (κ3) is 3.31. The molecule has 1 fully saturated rings. The quantitative estimate of drug-likeness (QED) is 0.905. The highest BCUT2D eigenvalue weighted by atomic mass is 16.5. The third-order valence-electron chi connectivity index (χ3n) is 4.15. The molecular weight excluding hydrogens is 280 g/mol. The number of ether oxygens (including phenoxy) is 1. The molecule has 5 heteroatoms. The molecule has 22 heavy (non-hydrogen) atoms. The second-order valence-corrected chi connectivity index (χ2v) is 5.81. The van der Waals surface area contributed by atoms with E-state index in [0.29, 0.717) is 13.2 Å². The highest BCUT2D eigenvalue weighted by molar-refractivity contribution is 5.80. The van der Waals surface area contributed by atoms with Crippen molar-refractivity contribution in [2.45, 2.75) is 32.4 Å². The SMILES string of the molecule is CCOc1ccc2[nH]c(=O)c(CN3CCC(O)CC3)cc2c1. The summed E-state index contributed by atoms with van der Waals surface area (Å²) in [6, 6.07) is 7.65. The highest BCUT2D eigenvalue weighted by Crippen LogP contribution is 2.20. The molecule has 1 saturated heterocycles. The molecule has 2 N–H and O–H groups in total. The molecule has 0 spiro atoms. The summed E-state index contributed by atoms with van der Waals surface area (Å²) in [5.74, 6) is 0.814. The summed E-state index contributed by atoms with van der Waals surface area (Å²) in [5.41, 5.74) is 1.55. The van der Waals surface area contributed by atoms with Crippen LogP contribution in [0.4, 0.5) is 0 Å². The molecule has 1 aromatic heterocycles. The first kappa shape index (κ1) is 15.1. The number of aliphatic hydroxyl groups excluding tert-OH is 1. The van der Waals surface area contributed by atoms with E-state index in [2.05, 4.69) is 9.88 Å². The second kappa shape index (κ2) is 6.50.